The molecule has 1 aromatic heterocycles. The molecule has 13 heavy (non-hydrogen) atoms. The lowest BCUT2D eigenvalue weighted by molar-refractivity contribution is 0.544. The molecule has 2 rings (SSSR count). The van der Waals surface area contributed by atoms with Crippen molar-refractivity contribution < 1.29 is 0 Å². The maximum Gasteiger partial charge on any atom is 0.0931 e. The highest BCUT2D eigenvalue weighted by Crippen LogP contribution is 2.28. The first kappa shape index (κ1) is 9.16. The second kappa shape index (κ2) is 4.20. The molecule has 0 radical (unpaired) electrons. The lowest BCUT2D eigenvalue weighted by Crippen LogP contribution is -2.00. The normalized spacial score (nSPS) is 18.2. The van der Waals surface area contributed by atoms with Gasteiger partial charge in [0.1, 0.15) is 0 Å². The van der Waals surface area contributed by atoms with Crippen molar-refractivity contribution in [2.45, 2.75) is 38.6 Å². The first-order valence-corrected chi connectivity index (χ1v) is 5.90. The van der Waals surface area contributed by atoms with E-state index in [1.165, 1.54) is 37.1 Å². The number of thiazole rings is 1. The van der Waals surface area contributed by atoms with Gasteiger partial charge >= 0.3 is 0 Å². The maximum absolute atomic E-state index is 5.52. The molecule has 1 saturated carbocycles. The average Bonchev–Trinajstić information content (AvgIpc) is 2.76. The van der Waals surface area contributed by atoms with E-state index in [4.69, 9.17) is 5.73 Å². The van der Waals surface area contributed by atoms with Gasteiger partial charge in [-0.2, -0.15) is 0 Å². The van der Waals surface area contributed by atoms with Gasteiger partial charge in [-0.3, -0.25) is 0 Å². The van der Waals surface area contributed by atoms with Crippen LogP contribution < -0.4 is 5.73 Å². The molecule has 0 aromatic carbocycles. The Bertz CT molecular complexity index is 264. The summed E-state index contributed by atoms with van der Waals surface area (Å²) in [6.07, 6.45) is 6.82. The van der Waals surface area contributed by atoms with Crippen LogP contribution >= 0.6 is 11.3 Å². The van der Waals surface area contributed by atoms with Gasteiger partial charge in [0.05, 0.1) is 10.7 Å². The molecule has 1 heterocycles. The Kier molecular flexibility index (Phi) is 2.96. The summed E-state index contributed by atoms with van der Waals surface area (Å²) >= 11 is 1.77. The number of hydrogen-bond acceptors (Lipinski definition) is 3. The molecule has 3 heteroatoms. The number of hydrogen-bond donors (Lipinski definition) is 1. The smallest absolute Gasteiger partial charge is 0.0931 e. The third kappa shape index (κ3) is 2.29. The van der Waals surface area contributed by atoms with Crippen LogP contribution in [0.4, 0.5) is 0 Å². The highest BCUT2D eigenvalue weighted by molar-refractivity contribution is 7.09. The summed E-state index contributed by atoms with van der Waals surface area (Å²) in [5.41, 5.74) is 6.57. The standard InChI is InChI=1S/C10H16N2S/c11-6-9-7-13-10(12-9)5-8-3-1-2-4-8/h7-8H,1-6,11H2. The van der Waals surface area contributed by atoms with E-state index in [2.05, 4.69) is 10.4 Å². The van der Waals surface area contributed by atoms with E-state index in [-0.39, 0.29) is 0 Å². The quantitative estimate of drug-likeness (QED) is 0.806. The predicted molar refractivity (Wildman–Crippen MR) is 55.7 cm³/mol. The molecule has 0 saturated heterocycles. The van der Waals surface area contributed by atoms with E-state index in [0.717, 1.165) is 11.6 Å². The lowest BCUT2D eigenvalue weighted by atomic mass is 10.1. The predicted octanol–water partition coefficient (Wildman–Crippen LogP) is 2.33. The molecule has 1 fully saturated rings. The maximum atomic E-state index is 5.52. The minimum Gasteiger partial charge on any atom is -0.325 e. The Balaban J connectivity index is 1.92. The van der Waals surface area contributed by atoms with E-state index in [1.54, 1.807) is 11.3 Å². The van der Waals surface area contributed by atoms with Crippen molar-refractivity contribution in [3.8, 4) is 0 Å². The third-order valence-electron chi connectivity index (χ3n) is 2.75. The van der Waals surface area contributed by atoms with Crippen LogP contribution in [0.25, 0.3) is 0 Å². The SMILES string of the molecule is NCc1csc(CC2CCCC2)n1. The van der Waals surface area contributed by atoms with Gasteiger partial charge in [-0.15, -0.1) is 11.3 Å². The molecule has 72 valence electrons. The van der Waals surface area contributed by atoms with Crippen molar-refractivity contribution in [2.24, 2.45) is 11.7 Å². The Morgan fingerprint density at radius 3 is 2.85 bits per heavy atom. The van der Waals surface area contributed by atoms with E-state index >= 15 is 0 Å². The molecule has 1 aliphatic carbocycles. The fraction of sp³-hybridized carbons (Fsp3) is 0.700. The molecule has 2 N–H and O–H groups in total. The van der Waals surface area contributed by atoms with Crippen molar-refractivity contribution >= 4 is 11.3 Å². The zero-order valence-corrected chi connectivity index (χ0v) is 8.65. The van der Waals surface area contributed by atoms with E-state index in [9.17, 15) is 0 Å². The monoisotopic (exact) mass is 196 g/mol. The van der Waals surface area contributed by atoms with Gasteiger partial charge in [-0.05, 0) is 5.92 Å². The molecule has 0 unspecified atom stereocenters. The Morgan fingerprint density at radius 1 is 1.46 bits per heavy atom. The minimum absolute atomic E-state index is 0.584. The summed E-state index contributed by atoms with van der Waals surface area (Å²) in [6, 6.07) is 0. The average molecular weight is 196 g/mol. The van der Waals surface area contributed by atoms with Crippen LogP contribution in [0.1, 0.15) is 36.4 Å². The summed E-state index contributed by atoms with van der Waals surface area (Å²) in [6.45, 7) is 0.584. The first-order valence-electron chi connectivity index (χ1n) is 5.02. The number of rotatable bonds is 3. The molecule has 1 aliphatic rings. The van der Waals surface area contributed by atoms with Gasteiger partial charge in [0, 0.05) is 18.3 Å². The van der Waals surface area contributed by atoms with Gasteiger partial charge in [-0.25, -0.2) is 4.98 Å². The zero-order valence-electron chi connectivity index (χ0n) is 7.83. The minimum atomic E-state index is 0.584. The fourth-order valence-corrected chi connectivity index (χ4v) is 2.92. The van der Waals surface area contributed by atoms with E-state index in [1.807, 2.05) is 0 Å². The van der Waals surface area contributed by atoms with Crippen LogP contribution in [0.15, 0.2) is 5.38 Å². The first-order chi connectivity index (χ1) is 6.38. The number of aromatic nitrogens is 1. The van der Waals surface area contributed by atoms with Crippen molar-refractivity contribution in [1.29, 1.82) is 0 Å². The molecule has 0 aliphatic heterocycles. The fourth-order valence-electron chi connectivity index (χ4n) is 2.00. The number of nitrogens with zero attached hydrogens (tertiary/aromatic N) is 1. The molecule has 0 amide bonds. The highest BCUT2D eigenvalue weighted by atomic mass is 32.1. The largest absolute Gasteiger partial charge is 0.325 e. The van der Waals surface area contributed by atoms with E-state index < -0.39 is 0 Å². The van der Waals surface area contributed by atoms with Gasteiger partial charge in [0.2, 0.25) is 0 Å². The summed E-state index contributed by atoms with van der Waals surface area (Å²) in [5, 5.41) is 3.37. The van der Waals surface area contributed by atoms with Crippen molar-refractivity contribution in [3.63, 3.8) is 0 Å². The van der Waals surface area contributed by atoms with Crippen LogP contribution in [0.3, 0.4) is 0 Å². The summed E-state index contributed by atoms with van der Waals surface area (Å²) in [5.74, 6) is 0.900. The summed E-state index contributed by atoms with van der Waals surface area (Å²) in [4.78, 5) is 4.49. The van der Waals surface area contributed by atoms with Gasteiger partial charge in [0.15, 0.2) is 0 Å². The van der Waals surface area contributed by atoms with Crippen LogP contribution in [-0.2, 0) is 13.0 Å². The van der Waals surface area contributed by atoms with Crippen LogP contribution in [0.5, 0.6) is 0 Å². The molecular formula is C10H16N2S. The van der Waals surface area contributed by atoms with Crippen molar-refractivity contribution in [3.05, 3.63) is 16.1 Å². The van der Waals surface area contributed by atoms with E-state index in [0.29, 0.717) is 6.54 Å². The van der Waals surface area contributed by atoms with Crippen LogP contribution in [0, 0.1) is 5.92 Å². The summed E-state index contributed by atoms with van der Waals surface area (Å²) in [7, 11) is 0. The molecule has 2 nitrogen and oxygen atoms in total. The lowest BCUT2D eigenvalue weighted by Gasteiger charge is -2.04. The Morgan fingerprint density at radius 2 is 2.23 bits per heavy atom. The van der Waals surface area contributed by atoms with Crippen molar-refractivity contribution in [2.75, 3.05) is 0 Å². The second-order valence-electron chi connectivity index (χ2n) is 3.79. The van der Waals surface area contributed by atoms with Crippen LogP contribution in [-0.4, -0.2) is 4.98 Å². The zero-order chi connectivity index (χ0) is 9.10. The van der Waals surface area contributed by atoms with Crippen LogP contribution in [0.2, 0.25) is 0 Å². The van der Waals surface area contributed by atoms with Gasteiger partial charge in [-0.1, -0.05) is 25.7 Å². The highest BCUT2D eigenvalue weighted by Gasteiger charge is 2.16. The topological polar surface area (TPSA) is 38.9 Å². The van der Waals surface area contributed by atoms with Gasteiger partial charge < -0.3 is 5.73 Å². The molecule has 1 aromatic rings. The van der Waals surface area contributed by atoms with Crippen molar-refractivity contribution in [1.82, 2.24) is 4.98 Å². The molecule has 0 spiro atoms. The third-order valence-corrected chi connectivity index (χ3v) is 3.67. The second-order valence-corrected chi connectivity index (χ2v) is 4.73. The summed E-state index contributed by atoms with van der Waals surface area (Å²) < 4.78 is 0. The Hall–Kier alpha value is -0.410. The Labute approximate surface area is 83.2 Å². The molecular weight excluding hydrogens is 180 g/mol. The van der Waals surface area contributed by atoms with Gasteiger partial charge in [0.25, 0.3) is 0 Å². The molecule has 0 bridgehead atoms. The molecule has 0 atom stereocenters. The number of nitrogens with two attached hydrogens (primary N) is 1.